The van der Waals surface area contributed by atoms with Crippen LogP contribution in [0.5, 0.6) is 5.75 Å². The molecule has 0 unspecified atom stereocenters. The summed E-state index contributed by atoms with van der Waals surface area (Å²) in [5.41, 5.74) is 7.11. The maximum Gasteiger partial charge on any atom is 0.140 e. The van der Waals surface area contributed by atoms with E-state index in [4.69, 9.17) is 10.5 Å². The Morgan fingerprint density at radius 1 is 1.50 bits per heavy atom. The standard InChI is InChI=1S/C13H15FN2OS/c1-8-7-18-13(16-8)6-17-10-3-4-11(9(2)15)12(14)5-10/h3-5,7,9H,6,15H2,1-2H3/t9-/m0/s1. The summed E-state index contributed by atoms with van der Waals surface area (Å²) in [7, 11) is 0. The van der Waals surface area contributed by atoms with Crippen LogP contribution < -0.4 is 10.5 Å². The molecule has 0 aliphatic rings. The van der Waals surface area contributed by atoms with Crippen molar-refractivity contribution in [3.8, 4) is 5.75 Å². The fourth-order valence-corrected chi connectivity index (χ4v) is 2.26. The first-order chi connectivity index (χ1) is 8.56. The number of thiazole rings is 1. The number of rotatable bonds is 4. The molecule has 1 aromatic carbocycles. The Morgan fingerprint density at radius 3 is 2.83 bits per heavy atom. The van der Waals surface area contributed by atoms with Crippen LogP contribution in [0, 0.1) is 12.7 Å². The second kappa shape index (κ2) is 5.46. The molecular formula is C13H15FN2OS. The van der Waals surface area contributed by atoms with Crippen LogP contribution >= 0.6 is 11.3 Å². The zero-order valence-corrected chi connectivity index (χ0v) is 11.1. The fourth-order valence-electron chi connectivity index (χ4n) is 1.58. The van der Waals surface area contributed by atoms with E-state index in [2.05, 4.69) is 4.98 Å². The quantitative estimate of drug-likeness (QED) is 0.924. The number of nitrogens with two attached hydrogens (primary N) is 1. The third-order valence-corrected chi connectivity index (χ3v) is 3.43. The van der Waals surface area contributed by atoms with E-state index in [9.17, 15) is 4.39 Å². The molecule has 0 bridgehead atoms. The Balaban J connectivity index is 2.04. The Morgan fingerprint density at radius 2 is 2.28 bits per heavy atom. The van der Waals surface area contributed by atoms with E-state index in [1.165, 1.54) is 17.4 Å². The van der Waals surface area contributed by atoms with Crippen molar-refractivity contribution in [2.75, 3.05) is 0 Å². The number of hydrogen-bond acceptors (Lipinski definition) is 4. The molecule has 0 saturated carbocycles. The normalized spacial score (nSPS) is 12.4. The third kappa shape index (κ3) is 3.05. The van der Waals surface area contributed by atoms with E-state index in [1.807, 2.05) is 12.3 Å². The van der Waals surface area contributed by atoms with Gasteiger partial charge in [-0.15, -0.1) is 11.3 Å². The largest absolute Gasteiger partial charge is 0.486 e. The van der Waals surface area contributed by atoms with Gasteiger partial charge in [-0.3, -0.25) is 0 Å². The van der Waals surface area contributed by atoms with Crippen LogP contribution in [0.4, 0.5) is 4.39 Å². The van der Waals surface area contributed by atoms with Crippen molar-refractivity contribution in [1.82, 2.24) is 4.98 Å². The molecule has 0 radical (unpaired) electrons. The maximum absolute atomic E-state index is 13.7. The predicted molar refractivity (Wildman–Crippen MR) is 70.2 cm³/mol. The van der Waals surface area contributed by atoms with E-state index in [0.717, 1.165) is 10.7 Å². The molecule has 0 spiro atoms. The van der Waals surface area contributed by atoms with E-state index >= 15 is 0 Å². The second-order valence-electron chi connectivity index (χ2n) is 4.14. The topological polar surface area (TPSA) is 48.1 Å². The highest BCUT2D eigenvalue weighted by molar-refractivity contribution is 7.09. The SMILES string of the molecule is Cc1csc(COc2ccc([C@H](C)N)c(F)c2)n1. The lowest BCUT2D eigenvalue weighted by molar-refractivity contribution is 0.303. The first-order valence-corrected chi connectivity index (χ1v) is 6.53. The summed E-state index contributed by atoms with van der Waals surface area (Å²) >= 11 is 1.53. The van der Waals surface area contributed by atoms with Gasteiger partial charge < -0.3 is 10.5 Å². The predicted octanol–water partition coefficient (Wildman–Crippen LogP) is 3.19. The zero-order chi connectivity index (χ0) is 13.1. The Hall–Kier alpha value is -1.46. The summed E-state index contributed by atoms with van der Waals surface area (Å²) in [6.07, 6.45) is 0. The van der Waals surface area contributed by atoms with Crippen molar-refractivity contribution in [2.45, 2.75) is 26.5 Å². The molecule has 0 saturated heterocycles. The van der Waals surface area contributed by atoms with E-state index in [0.29, 0.717) is 17.9 Å². The van der Waals surface area contributed by atoms with Gasteiger partial charge in [0.25, 0.3) is 0 Å². The highest BCUT2D eigenvalue weighted by Crippen LogP contribution is 2.21. The van der Waals surface area contributed by atoms with Crippen molar-refractivity contribution >= 4 is 11.3 Å². The summed E-state index contributed by atoms with van der Waals surface area (Å²) in [6, 6.07) is 4.42. The fraction of sp³-hybridized carbons (Fsp3) is 0.308. The van der Waals surface area contributed by atoms with Crippen LogP contribution in [-0.2, 0) is 6.61 Å². The van der Waals surface area contributed by atoms with Crippen molar-refractivity contribution in [3.63, 3.8) is 0 Å². The van der Waals surface area contributed by atoms with E-state index in [1.54, 1.807) is 19.1 Å². The monoisotopic (exact) mass is 266 g/mol. The summed E-state index contributed by atoms with van der Waals surface area (Å²) in [6.45, 7) is 4.03. The van der Waals surface area contributed by atoms with Crippen molar-refractivity contribution in [2.24, 2.45) is 5.73 Å². The summed E-state index contributed by atoms with van der Waals surface area (Å²) < 4.78 is 19.1. The van der Waals surface area contributed by atoms with Gasteiger partial charge in [-0.1, -0.05) is 6.07 Å². The lowest BCUT2D eigenvalue weighted by Gasteiger charge is -2.09. The lowest BCUT2D eigenvalue weighted by atomic mass is 10.1. The summed E-state index contributed by atoms with van der Waals surface area (Å²) in [5.74, 6) is 0.155. The molecule has 1 atom stereocenters. The number of aromatic nitrogens is 1. The molecule has 1 heterocycles. The minimum Gasteiger partial charge on any atom is -0.486 e. The summed E-state index contributed by atoms with van der Waals surface area (Å²) in [5, 5.41) is 2.84. The molecule has 18 heavy (non-hydrogen) atoms. The van der Waals surface area contributed by atoms with Crippen molar-refractivity contribution < 1.29 is 9.13 Å². The van der Waals surface area contributed by atoms with Gasteiger partial charge in [-0.05, 0) is 19.9 Å². The molecule has 3 nitrogen and oxygen atoms in total. The summed E-state index contributed by atoms with van der Waals surface area (Å²) in [4.78, 5) is 4.27. The van der Waals surface area contributed by atoms with Gasteiger partial charge in [0.1, 0.15) is 23.2 Å². The minimum atomic E-state index is -0.335. The first kappa shape index (κ1) is 13.0. The molecular weight excluding hydrogens is 251 g/mol. The van der Waals surface area contributed by atoms with Gasteiger partial charge in [-0.25, -0.2) is 9.37 Å². The highest BCUT2D eigenvalue weighted by atomic mass is 32.1. The van der Waals surface area contributed by atoms with Gasteiger partial charge >= 0.3 is 0 Å². The van der Waals surface area contributed by atoms with Crippen molar-refractivity contribution in [1.29, 1.82) is 0 Å². The van der Waals surface area contributed by atoms with Crippen molar-refractivity contribution in [3.05, 3.63) is 45.7 Å². The molecule has 1 aromatic heterocycles. The number of benzene rings is 1. The van der Waals surface area contributed by atoms with Gasteiger partial charge in [0.05, 0.1) is 0 Å². The number of ether oxygens (including phenoxy) is 1. The molecule has 0 aliphatic carbocycles. The Kier molecular flexibility index (Phi) is 3.93. The second-order valence-corrected chi connectivity index (χ2v) is 5.09. The van der Waals surface area contributed by atoms with Crippen LogP contribution in [-0.4, -0.2) is 4.98 Å². The smallest absolute Gasteiger partial charge is 0.140 e. The van der Waals surface area contributed by atoms with Crippen LogP contribution in [0.1, 0.15) is 29.2 Å². The number of nitrogens with zero attached hydrogens (tertiary/aromatic N) is 1. The van der Waals surface area contributed by atoms with E-state index < -0.39 is 0 Å². The van der Waals surface area contributed by atoms with Gasteiger partial charge in [0, 0.05) is 28.7 Å². The zero-order valence-electron chi connectivity index (χ0n) is 10.3. The average Bonchev–Trinajstić information content (AvgIpc) is 2.72. The maximum atomic E-state index is 13.7. The Bertz CT molecular complexity index is 540. The van der Waals surface area contributed by atoms with Crippen LogP contribution in [0.2, 0.25) is 0 Å². The highest BCUT2D eigenvalue weighted by Gasteiger charge is 2.08. The molecule has 2 aromatic rings. The molecule has 0 fully saturated rings. The van der Waals surface area contributed by atoms with E-state index in [-0.39, 0.29) is 11.9 Å². The third-order valence-electron chi connectivity index (χ3n) is 2.49. The number of aryl methyl sites for hydroxylation is 1. The Labute approximate surface area is 109 Å². The average molecular weight is 266 g/mol. The van der Waals surface area contributed by atoms with Crippen LogP contribution in [0.3, 0.4) is 0 Å². The number of halogens is 1. The molecule has 2 rings (SSSR count). The molecule has 0 amide bonds. The number of hydrogen-bond donors (Lipinski definition) is 1. The van der Waals surface area contributed by atoms with Gasteiger partial charge in [-0.2, -0.15) is 0 Å². The molecule has 2 N–H and O–H groups in total. The van der Waals surface area contributed by atoms with Crippen LogP contribution in [0.15, 0.2) is 23.6 Å². The molecule has 0 aliphatic heterocycles. The van der Waals surface area contributed by atoms with Gasteiger partial charge in [0.15, 0.2) is 0 Å². The first-order valence-electron chi connectivity index (χ1n) is 5.65. The van der Waals surface area contributed by atoms with Gasteiger partial charge in [0.2, 0.25) is 0 Å². The minimum absolute atomic E-state index is 0.319. The lowest BCUT2D eigenvalue weighted by Crippen LogP contribution is -2.07. The molecule has 96 valence electrons. The van der Waals surface area contributed by atoms with Crippen LogP contribution in [0.25, 0.3) is 0 Å². The molecule has 5 heteroatoms.